The summed E-state index contributed by atoms with van der Waals surface area (Å²) in [6.07, 6.45) is 0. The van der Waals surface area contributed by atoms with E-state index in [9.17, 15) is 18.0 Å². The van der Waals surface area contributed by atoms with Crippen molar-refractivity contribution in [3.05, 3.63) is 65.5 Å². The van der Waals surface area contributed by atoms with Crippen LogP contribution in [0.5, 0.6) is 0 Å². The van der Waals surface area contributed by atoms with E-state index in [1.54, 1.807) is 47.8 Å². The number of nitrogens with one attached hydrogen (secondary N) is 1. The fraction of sp³-hybridized carbons (Fsp3) is 0.105. The molecule has 3 aromatic rings. The fourth-order valence-electron chi connectivity index (χ4n) is 2.40. The van der Waals surface area contributed by atoms with Gasteiger partial charge in [0, 0.05) is 10.9 Å². The number of amides is 1. The highest BCUT2D eigenvalue weighted by Gasteiger charge is 2.20. The molecular weight excluding hydrogens is 400 g/mol. The van der Waals surface area contributed by atoms with Crippen molar-refractivity contribution in [1.82, 2.24) is 4.98 Å². The second kappa shape index (κ2) is 8.32. The number of methoxy groups -OCH3 is 1. The second-order valence-corrected chi connectivity index (χ2v) is 8.57. The Labute approximate surface area is 165 Å². The van der Waals surface area contributed by atoms with Crippen molar-refractivity contribution >= 4 is 38.2 Å². The number of nitrogens with zero attached hydrogens (tertiary/aromatic N) is 1. The Bertz CT molecular complexity index is 1090. The molecule has 1 aromatic heterocycles. The zero-order valence-corrected chi connectivity index (χ0v) is 16.4. The Morgan fingerprint density at radius 1 is 1.07 bits per heavy atom. The van der Waals surface area contributed by atoms with Gasteiger partial charge in [-0.25, -0.2) is 18.2 Å². The van der Waals surface area contributed by atoms with E-state index in [1.807, 2.05) is 0 Å². The number of anilines is 1. The van der Waals surface area contributed by atoms with Crippen LogP contribution in [0.3, 0.4) is 0 Å². The van der Waals surface area contributed by atoms with Gasteiger partial charge in [0.2, 0.25) is 5.91 Å². The molecule has 9 heteroatoms. The Morgan fingerprint density at radius 3 is 2.39 bits per heavy atom. The number of hydrogen-bond acceptors (Lipinski definition) is 7. The van der Waals surface area contributed by atoms with Crippen LogP contribution in [0.2, 0.25) is 0 Å². The standard InChI is InChI=1S/C19H16N2O5S2/c1-26-18(23)14-9-7-13(8-10-14)16-11-27-19(20-16)21-17(22)12-28(24,25)15-5-3-2-4-6-15/h2-11H,12H2,1H3,(H,20,21,22). The molecule has 0 saturated carbocycles. The Balaban J connectivity index is 1.67. The molecule has 28 heavy (non-hydrogen) atoms. The Morgan fingerprint density at radius 2 is 1.75 bits per heavy atom. The van der Waals surface area contributed by atoms with Crippen LogP contribution < -0.4 is 5.32 Å². The number of sulfone groups is 1. The highest BCUT2D eigenvalue weighted by molar-refractivity contribution is 7.92. The molecule has 1 amide bonds. The van der Waals surface area contributed by atoms with Gasteiger partial charge in [-0.3, -0.25) is 4.79 Å². The van der Waals surface area contributed by atoms with Gasteiger partial charge in [0.1, 0.15) is 5.75 Å². The van der Waals surface area contributed by atoms with Crippen LogP contribution in [-0.4, -0.2) is 38.1 Å². The van der Waals surface area contributed by atoms with E-state index in [1.165, 1.54) is 30.6 Å². The lowest BCUT2D eigenvalue weighted by Crippen LogP contribution is -2.22. The summed E-state index contributed by atoms with van der Waals surface area (Å²) in [6.45, 7) is 0. The Hall–Kier alpha value is -3.04. The van der Waals surface area contributed by atoms with Gasteiger partial charge >= 0.3 is 5.97 Å². The van der Waals surface area contributed by atoms with Gasteiger partial charge in [-0.05, 0) is 24.3 Å². The summed E-state index contributed by atoms with van der Waals surface area (Å²) in [4.78, 5) is 28.0. The average molecular weight is 416 g/mol. The molecule has 0 aliphatic heterocycles. The number of carbonyl (C=O) groups is 2. The number of hydrogen-bond donors (Lipinski definition) is 1. The number of aromatic nitrogens is 1. The minimum atomic E-state index is -3.72. The lowest BCUT2D eigenvalue weighted by atomic mass is 10.1. The summed E-state index contributed by atoms with van der Waals surface area (Å²) in [5.74, 6) is -1.76. The number of benzene rings is 2. The smallest absolute Gasteiger partial charge is 0.337 e. The molecule has 144 valence electrons. The highest BCUT2D eigenvalue weighted by Crippen LogP contribution is 2.25. The van der Waals surface area contributed by atoms with Gasteiger partial charge in [0.25, 0.3) is 0 Å². The molecule has 2 aromatic carbocycles. The van der Waals surface area contributed by atoms with E-state index < -0.39 is 27.5 Å². The minimum Gasteiger partial charge on any atom is -0.465 e. The topological polar surface area (TPSA) is 102 Å². The highest BCUT2D eigenvalue weighted by atomic mass is 32.2. The summed E-state index contributed by atoms with van der Waals surface area (Å²) in [6, 6.07) is 14.5. The van der Waals surface area contributed by atoms with Crippen LogP contribution in [-0.2, 0) is 19.4 Å². The summed E-state index contributed by atoms with van der Waals surface area (Å²) >= 11 is 1.18. The average Bonchev–Trinajstić information content (AvgIpc) is 3.16. The van der Waals surface area contributed by atoms with E-state index >= 15 is 0 Å². The van der Waals surface area contributed by atoms with Crippen LogP contribution in [0, 0.1) is 0 Å². The van der Waals surface area contributed by atoms with E-state index in [0.29, 0.717) is 16.4 Å². The first-order valence-electron chi connectivity index (χ1n) is 8.11. The zero-order chi connectivity index (χ0) is 20.1. The number of ether oxygens (including phenoxy) is 1. The van der Waals surface area contributed by atoms with Crippen molar-refractivity contribution in [3.63, 3.8) is 0 Å². The van der Waals surface area contributed by atoms with Crippen LogP contribution in [0.25, 0.3) is 11.3 Å². The normalized spacial score (nSPS) is 11.0. The van der Waals surface area contributed by atoms with Crippen LogP contribution in [0.4, 0.5) is 5.13 Å². The maximum atomic E-state index is 12.3. The zero-order valence-electron chi connectivity index (χ0n) is 14.8. The molecule has 3 rings (SSSR count). The summed E-state index contributed by atoms with van der Waals surface area (Å²) in [7, 11) is -2.41. The van der Waals surface area contributed by atoms with Gasteiger partial charge < -0.3 is 10.1 Å². The minimum absolute atomic E-state index is 0.0932. The Kier molecular flexibility index (Phi) is 5.86. The lowest BCUT2D eigenvalue weighted by Gasteiger charge is -2.04. The van der Waals surface area contributed by atoms with Crippen molar-refractivity contribution in [2.75, 3.05) is 18.2 Å². The first kappa shape index (κ1) is 19.7. The third-order valence-electron chi connectivity index (χ3n) is 3.78. The summed E-state index contributed by atoms with van der Waals surface area (Å²) < 4.78 is 29.2. The molecule has 1 heterocycles. The number of rotatable bonds is 6. The van der Waals surface area contributed by atoms with E-state index in [4.69, 9.17) is 0 Å². The third kappa shape index (κ3) is 4.62. The largest absolute Gasteiger partial charge is 0.465 e. The van der Waals surface area contributed by atoms with Crippen molar-refractivity contribution < 1.29 is 22.7 Å². The monoisotopic (exact) mass is 416 g/mol. The molecule has 0 atom stereocenters. The summed E-state index contributed by atoms with van der Waals surface area (Å²) in [5, 5.41) is 4.53. The fourth-order valence-corrected chi connectivity index (χ4v) is 4.29. The van der Waals surface area contributed by atoms with E-state index in [0.717, 1.165) is 5.56 Å². The molecule has 0 saturated heterocycles. The van der Waals surface area contributed by atoms with Crippen LogP contribution in [0.1, 0.15) is 10.4 Å². The van der Waals surface area contributed by atoms with Gasteiger partial charge in [-0.2, -0.15) is 0 Å². The van der Waals surface area contributed by atoms with Gasteiger partial charge in [0.15, 0.2) is 15.0 Å². The molecule has 0 fully saturated rings. The molecular formula is C19H16N2O5S2. The maximum Gasteiger partial charge on any atom is 0.337 e. The van der Waals surface area contributed by atoms with Gasteiger partial charge in [-0.15, -0.1) is 11.3 Å². The molecule has 0 radical (unpaired) electrons. The summed E-state index contributed by atoms with van der Waals surface area (Å²) in [5.41, 5.74) is 1.77. The van der Waals surface area contributed by atoms with Crippen molar-refractivity contribution in [3.8, 4) is 11.3 Å². The first-order valence-corrected chi connectivity index (χ1v) is 10.6. The van der Waals surface area contributed by atoms with Crippen molar-refractivity contribution in [1.29, 1.82) is 0 Å². The van der Waals surface area contributed by atoms with Crippen molar-refractivity contribution in [2.24, 2.45) is 0 Å². The van der Waals surface area contributed by atoms with Crippen LogP contribution >= 0.6 is 11.3 Å². The lowest BCUT2D eigenvalue weighted by molar-refractivity contribution is -0.113. The van der Waals surface area contributed by atoms with Crippen molar-refractivity contribution in [2.45, 2.75) is 4.90 Å². The molecule has 0 bridgehead atoms. The molecule has 0 aliphatic rings. The molecule has 1 N–H and O–H groups in total. The van der Waals surface area contributed by atoms with E-state index in [-0.39, 0.29) is 4.90 Å². The third-order valence-corrected chi connectivity index (χ3v) is 6.17. The van der Waals surface area contributed by atoms with E-state index in [2.05, 4.69) is 15.0 Å². The first-order chi connectivity index (χ1) is 13.4. The maximum absolute atomic E-state index is 12.3. The van der Waals surface area contributed by atoms with Crippen LogP contribution in [0.15, 0.2) is 64.9 Å². The SMILES string of the molecule is COC(=O)c1ccc(-c2csc(NC(=O)CS(=O)(=O)c3ccccc3)n2)cc1. The van der Waals surface area contributed by atoms with Gasteiger partial charge in [0.05, 0.1) is 23.3 Å². The molecule has 0 spiro atoms. The predicted molar refractivity (Wildman–Crippen MR) is 106 cm³/mol. The molecule has 0 aliphatic carbocycles. The predicted octanol–water partition coefficient (Wildman–Crippen LogP) is 3.01. The second-order valence-electron chi connectivity index (χ2n) is 5.73. The molecule has 0 unspecified atom stereocenters. The number of thiazole rings is 1. The quantitative estimate of drug-likeness (QED) is 0.620. The van der Waals surface area contributed by atoms with Gasteiger partial charge in [-0.1, -0.05) is 30.3 Å². The molecule has 7 nitrogen and oxygen atoms in total. The number of carbonyl (C=O) groups excluding carboxylic acids is 2. The number of esters is 1.